The van der Waals surface area contributed by atoms with Gasteiger partial charge in [-0.25, -0.2) is 0 Å². The minimum Gasteiger partial charge on any atom is -0.495 e. The molecule has 1 heterocycles. The molecule has 0 unspecified atom stereocenters. The van der Waals surface area contributed by atoms with E-state index in [4.69, 9.17) is 21.1 Å². The number of carbonyl (C=O) groups is 1. The summed E-state index contributed by atoms with van der Waals surface area (Å²) in [6.07, 6.45) is 3.78. The van der Waals surface area contributed by atoms with E-state index < -0.39 is 0 Å². The topological polar surface area (TPSA) is 38.8 Å². The summed E-state index contributed by atoms with van der Waals surface area (Å²) in [4.78, 5) is 15.2. The highest BCUT2D eigenvalue weighted by Crippen LogP contribution is 2.39. The van der Waals surface area contributed by atoms with E-state index in [2.05, 4.69) is 0 Å². The fourth-order valence-corrected chi connectivity index (χ4v) is 3.63. The van der Waals surface area contributed by atoms with Gasteiger partial charge < -0.3 is 9.47 Å². The molecule has 1 aliphatic rings. The van der Waals surface area contributed by atoms with E-state index in [-0.39, 0.29) is 5.91 Å². The van der Waals surface area contributed by atoms with Crippen molar-refractivity contribution in [3.8, 4) is 11.5 Å². The summed E-state index contributed by atoms with van der Waals surface area (Å²) in [5, 5.41) is 0.641. The lowest BCUT2D eigenvalue weighted by Crippen LogP contribution is -2.25. The van der Waals surface area contributed by atoms with Crippen LogP contribution in [0.15, 0.2) is 84.4 Å². The zero-order chi connectivity index (χ0) is 21.8. The van der Waals surface area contributed by atoms with Gasteiger partial charge in [0.05, 0.1) is 25.1 Å². The number of ether oxygens (including phenoxy) is 2. The van der Waals surface area contributed by atoms with Gasteiger partial charge in [0.15, 0.2) is 0 Å². The molecule has 4 rings (SSSR count). The zero-order valence-corrected chi connectivity index (χ0v) is 18.1. The number of nitrogens with zero attached hydrogens (tertiary/aromatic N) is 1. The molecule has 0 atom stereocenters. The van der Waals surface area contributed by atoms with Gasteiger partial charge in [0, 0.05) is 10.6 Å². The van der Waals surface area contributed by atoms with E-state index in [1.54, 1.807) is 12.0 Å². The van der Waals surface area contributed by atoms with Crippen molar-refractivity contribution in [1.29, 1.82) is 0 Å². The summed E-state index contributed by atoms with van der Waals surface area (Å²) in [5.74, 6) is 1.30. The molecule has 3 aromatic rings. The molecule has 0 saturated carbocycles. The molecule has 156 valence electrons. The second-order valence-corrected chi connectivity index (χ2v) is 7.39. The van der Waals surface area contributed by atoms with Crippen LogP contribution in [0.5, 0.6) is 11.5 Å². The van der Waals surface area contributed by atoms with Crippen LogP contribution < -0.4 is 14.4 Å². The molecule has 1 amide bonds. The lowest BCUT2D eigenvalue weighted by atomic mass is 10.1. The number of amides is 1. The molecular formula is C26H22ClNO3. The minimum absolute atomic E-state index is 0.122. The molecule has 4 nitrogen and oxygen atoms in total. The van der Waals surface area contributed by atoms with Crippen LogP contribution in [0.2, 0.25) is 5.02 Å². The Bertz CT molecular complexity index is 1150. The third-order valence-electron chi connectivity index (χ3n) is 4.96. The van der Waals surface area contributed by atoms with Crippen molar-refractivity contribution in [2.75, 3.05) is 18.6 Å². The predicted octanol–water partition coefficient (Wildman–Crippen LogP) is 6.22. The summed E-state index contributed by atoms with van der Waals surface area (Å²) in [5.41, 5.74) is 3.84. The maximum atomic E-state index is 13.5. The molecular weight excluding hydrogens is 410 g/mol. The van der Waals surface area contributed by atoms with E-state index in [9.17, 15) is 4.79 Å². The molecule has 0 aromatic heterocycles. The molecule has 5 heteroatoms. The molecule has 1 aliphatic heterocycles. The van der Waals surface area contributed by atoms with Gasteiger partial charge in [-0.05, 0) is 66.6 Å². The van der Waals surface area contributed by atoms with Gasteiger partial charge >= 0.3 is 0 Å². The van der Waals surface area contributed by atoms with Crippen LogP contribution in [0.3, 0.4) is 0 Å². The Labute approximate surface area is 187 Å². The largest absolute Gasteiger partial charge is 0.495 e. The van der Waals surface area contributed by atoms with Crippen molar-refractivity contribution in [1.82, 2.24) is 0 Å². The number of hydrogen-bond acceptors (Lipinski definition) is 3. The Hall–Kier alpha value is -3.50. The normalized spacial score (nSPS) is 14.7. The van der Waals surface area contributed by atoms with Crippen LogP contribution in [0.25, 0.3) is 11.8 Å². The molecule has 0 saturated heterocycles. The quantitative estimate of drug-likeness (QED) is 0.435. The van der Waals surface area contributed by atoms with Gasteiger partial charge in [0.1, 0.15) is 11.5 Å². The van der Waals surface area contributed by atoms with Crippen LogP contribution in [0.4, 0.5) is 5.69 Å². The van der Waals surface area contributed by atoms with Crippen molar-refractivity contribution >= 4 is 35.0 Å². The van der Waals surface area contributed by atoms with Gasteiger partial charge in [-0.1, -0.05) is 48.0 Å². The molecule has 0 radical (unpaired) electrons. The number of para-hydroxylation sites is 2. The lowest BCUT2D eigenvalue weighted by Gasteiger charge is -2.23. The standard InChI is InChI=1S/C26H22ClNO3/c1-3-31-22-14-8-18(9-15-22)16-20-17-24(19-10-12-21(27)13-11-19)28(26(20)29)23-6-4-5-7-25(23)30-2/h4-17H,3H2,1-2H3/b20-16+. The summed E-state index contributed by atoms with van der Waals surface area (Å²) >= 11 is 6.08. The monoisotopic (exact) mass is 431 g/mol. The summed E-state index contributed by atoms with van der Waals surface area (Å²) in [6, 6.07) is 22.6. The van der Waals surface area contributed by atoms with Gasteiger partial charge in [-0.3, -0.25) is 9.69 Å². The second-order valence-electron chi connectivity index (χ2n) is 6.95. The van der Waals surface area contributed by atoms with E-state index in [0.29, 0.717) is 28.6 Å². The Balaban J connectivity index is 1.79. The maximum Gasteiger partial charge on any atom is 0.263 e. The highest BCUT2D eigenvalue weighted by molar-refractivity contribution is 6.30. The first-order chi connectivity index (χ1) is 15.1. The van der Waals surface area contributed by atoms with E-state index in [0.717, 1.165) is 22.6 Å². The van der Waals surface area contributed by atoms with Crippen LogP contribution in [-0.2, 0) is 4.79 Å². The first-order valence-electron chi connectivity index (χ1n) is 10.0. The first-order valence-corrected chi connectivity index (χ1v) is 10.4. The number of benzene rings is 3. The minimum atomic E-state index is -0.122. The van der Waals surface area contributed by atoms with E-state index in [1.807, 2.05) is 91.9 Å². The predicted molar refractivity (Wildman–Crippen MR) is 125 cm³/mol. The lowest BCUT2D eigenvalue weighted by molar-refractivity contribution is -0.113. The molecule has 0 fully saturated rings. The molecule has 31 heavy (non-hydrogen) atoms. The molecule has 0 spiro atoms. The summed E-state index contributed by atoms with van der Waals surface area (Å²) in [6.45, 7) is 2.56. The molecule has 0 bridgehead atoms. The van der Waals surface area contributed by atoms with Crippen molar-refractivity contribution < 1.29 is 14.3 Å². The molecule has 0 aliphatic carbocycles. The third kappa shape index (κ3) is 4.35. The Morgan fingerprint density at radius 2 is 1.68 bits per heavy atom. The van der Waals surface area contributed by atoms with Crippen molar-refractivity contribution in [3.05, 3.63) is 101 Å². The smallest absolute Gasteiger partial charge is 0.263 e. The van der Waals surface area contributed by atoms with Crippen LogP contribution >= 0.6 is 11.6 Å². The van der Waals surface area contributed by atoms with E-state index >= 15 is 0 Å². The van der Waals surface area contributed by atoms with Gasteiger partial charge in [-0.2, -0.15) is 0 Å². The number of hydrogen-bond donors (Lipinski definition) is 0. The van der Waals surface area contributed by atoms with Gasteiger partial charge in [0.2, 0.25) is 0 Å². The average molecular weight is 432 g/mol. The Morgan fingerprint density at radius 1 is 0.968 bits per heavy atom. The number of halogens is 1. The van der Waals surface area contributed by atoms with Gasteiger partial charge in [-0.15, -0.1) is 0 Å². The molecule has 3 aromatic carbocycles. The fourth-order valence-electron chi connectivity index (χ4n) is 3.51. The zero-order valence-electron chi connectivity index (χ0n) is 17.3. The maximum absolute atomic E-state index is 13.5. The highest BCUT2D eigenvalue weighted by Gasteiger charge is 2.32. The van der Waals surface area contributed by atoms with Crippen LogP contribution in [0, 0.1) is 0 Å². The Kier molecular flexibility index (Phi) is 6.10. The average Bonchev–Trinajstić information content (AvgIpc) is 3.11. The van der Waals surface area contributed by atoms with Crippen molar-refractivity contribution in [2.24, 2.45) is 0 Å². The number of carbonyl (C=O) groups excluding carboxylic acids is 1. The summed E-state index contributed by atoms with van der Waals surface area (Å²) in [7, 11) is 1.60. The number of rotatable bonds is 6. The van der Waals surface area contributed by atoms with Crippen molar-refractivity contribution in [3.63, 3.8) is 0 Å². The highest BCUT2D eigenvalue weighted by atomic mass is 35.5. The van der Waals surface area contributed by atoms with Crippen molar-refractivity contribution in [2.45, 2.75) is 6.92 Å². The number of methoxy groups -OCH3 is 1. The number of anilines is 1. The molecule has 0 N–H and O–H groups in total. The van der Waals surface area contributed by atoms with Crippen LogP contribution in [0.1, 0.15) is 18.1 Å². The van der Waals surface area contributed by atoms with E-state index in [1.165, 1.54) is 0 Å². The Morgan fingerprint density at radius 3 is 2.35 bits per heavy atom. The van der Waals surface area contributed by atoms with Gasteiger partial charge in [0.25, 0.3) is 5.91 Å². The third-order valence-corrected chi connectivity index (χ3v) is 5.21. The second kappa shape index (κ2) is 9.11. The van der Waals surface area contributed by atoms with Crippen LogP contribution in [-0.4, -0.2) is 19.6 Å². The summed E-state index contributed by atoms with van der Waals surface area (Å²) < 4.78 is 11.0. The fraction of sp³-hybridized carbons (Fsp3) is 0.115. The SMILES string of the molecule is CCOc1ccc(/C=C2\C=C(c3ccc(Cl)cc3)N(c3ccccc3OC)C2=O)cc1. The first kappa shape index (κ1) is 20.8.